The summed E-state index contributed by atoms with van der Waals surface area (Å²) in [6.45, 7) is 2.76. The van der Waals surface area contributed by atoms with Crippen molar-refractivity contribution in [3.63, 3.8) is 0 Å². The summed E-state index contributed by atoms with van der Waals surface area (Å²) in [4.78, 5) is 20.1. The number of carbonyl (C=O) groups excluding carboxylic acids is 1. The molecule has 4 aromatic rings. The van der Waals surface area contributed by atoms with Crippen molar-refractivity contribution in [2.45, 2.75) is 19.5 Å². The van der Waals surface area contributed by atoms with E-state index in [2.05, 4.69) is 45.1 Å². The van der Waals surface area contributed by atoms with Crippen molar-refractivity contribution >= 4 is 39.7 Å². The lowest BCUT2D eigenvalue weighted by molar-refractivity contribution is 0.103. The van der Waals surface area contributed by atoms with E-state index in [-0.39, 0.29) is 5.91 Å². The van der Waals surface area contributed by atoms with Crippen molar-refractivity contribution in [1.82, 2.24) is 9.55 Å². The Kier molecular flexibility index (Phi) is 4.33. The minimum Gasteiger partial charge on any atom is -0.364 e. The second-order valence-corrected chi connectivity index (χ2v) is 7.87. The zero-order valence-electron chi connectivity index (χ0n) is 15.3. The molecular formula is C22H20N4OS. The van der Waals surface area contributed by atoms with Crippen molar-refractivity contribution in [3.8, 4) is 0 Å². The van der Waals surface area contributed by atoms with Crippen LogP contribution in [0.3, 0.4) is 0 Å². The highest BCUT2D eigenvalue weighted by Gasteiger charge is 2.18. The third kappa shape index (κ3) is 3.16. The normalized spacial score (nSPS) is 13.9. The van der Waals surface area contributed by atoms with E-state index in [9.17, 15) is 4.79 Å². The van der Waals surface area contributed by atoms with Gasteiger partial charge in [0.25, 0.3) is 5.91 Å². The van der Waals surface area contributed by atoms with Crippen molar-refractivity contribution in [2.75, 3.05) is 16.8 Å². The first-order valence-electron chi connectivity index (χ1n) is 9.42. The molecule has 28 heavy (non-hydrogen) atoms. The average molecular weight is 388 g/mol. The van der Waals surface area contributed by atoms with Crippen LogP contribution in [0.4, 0.5) is 11.4 Å². The molecule has 0 aliphatic carbocycles. The number of nitrogens with zero attached hydrogens (tertiary/aromatic N) is 3. The van der Waals surface area contributed by atoms with Crippen molar-refractivity contribution < 1.29 is 4.79 Å². The Hall–Kier alpha value is -3.12. The topological polar surface area (TPSA) is 50.2 Å². The lowest BCUT2D eigenvalue weighted by Gasteiger charge is -2.22. The molecule has 1 aliphatic rings. The van der Waals surface area contributed by atoms with Crippen molar-refractivity contribution in [3.05, 3.63) is 76.7 Å². The highest BCUT2D eigenvalue weighted by Crippen LogP contribution is 2.25. The maximum Gasteiger partial charge on any atom is 0.265 e. The summed E-state index contributed by atoms with van der Waals surface area (Å²) in [6, 6.07) is 20.1. The Labute approximate surface area is 167 Å². The van der Waals surface area contributed by atoms with Gasteiger partial charge in [-0.1, -0.05) is 18.2 Å². The zero-order valence-corrected chi connectivity index (χ0v) is 16.2. The highest BCUT2D eigenvalue weighted by molar-refractivity contribution is 7.12. The molecule has 1 amide bonds. The number of imidazole rings is 1. The number of hydrogen-bond acceptors (Lipinski definition) is 4. The lowest BCUT2D eigenvalue weighted by atomic mass is 10.2. The fourth-order valence-electron chi connectivity index (χ4n) is 3.74. The predicted molar refractivity (Wildman–Crippen MR) is 114 cm³/mol. The minimum absolute atomic E-state index is 0.0637. The van der Waals surface area contributed by atoms with E-state index in [1.807, 2.05) is 35.7 Å². The number of aryl methyl sites for hydroxylation is 1. The van der Waals surface area contributed by atoms with Gasteiger partial charge in [0.05, 0.1) is 22.5 Å². The zero-order chi connectivity index (χ0) is 18.9. The molecule has 0 saturated heterocycles. The summed E-state index contributed by atoms with van der Waals surface area (Å²) in [6.07, 6.45) is 1.07. The Morgan fingerprint density at radius 2 is 1.86 bits per heavy atom. The van der Waals surface area contributed by atoms with Crippen LogP contribution < -0.4 is 10.2 Å². The summed E-state index contributed by atoms with van der Waals surface area (Å²) in [5.41, 5.74) is 4.23. The summed E-state index contributed by atoms with van der Waals surface area (Å²) in [5, 5.41) is 4.86. The Morgan fingerprint density at radius 3 is 2.68 bits per heavy atom. The molecule has 0 saturated carbocycles. The van der Waals surface area contributed by atoms with Crippen LogP contribution in [0.1, 0.15) is 21.9 Å². The van der Waals surface area contributed by atoms with Gasteiger partial charge >= 0.3 is 0 Å². The molecule has 0 spiro atoms. The third-order valence-corrected chi connectivity index (χ3v) is 5.98. The second kappa shape index (κ2) is 7.13. The van der Waals surface area contributed by atoms with Gasteiger partial charge in [0, 0.05) is 24.5 Å². The van der Waals surface area contributed by atoms with Gasteiger partial charge in [-0.15, -0.1) is 11.3 Å². The molecular weight excluding hydrogens is 368 g/mol. The van der Waals surface area contributed by atoms with E-state index < -0.39 is 0 Å². The molecule has 1 N–H and O–H groups in total. The summed E-state index contributed by atoms with van der Waals surface area (Å²) >= 11 is 1.44. The molecule has 2 aromatic carbocycles. The molecule has 0 bridgehead atoms. The molecule has 0 unspecified atom stereocenters. The molecule has 0 fully saturated rings. The highest BCUT2D eigenvalue weighted by atomic mass is 32.1. The number of benzene rings is 2. The van der Waals surface area contributed by atoms with Crippen LogP contribution in [-0.2, 0) is 13.1 Å². The number of anilines is 2. The van der Waals surface area contributed by atoms with Gasteiger partial charge in [0.1, 0.15) is 5.82 Å². The number of carbonyl (C=O) groups is 1. The Balaban J connectivity index is 1.35. The predicted octanol–water partition coefficient (Wildman–Crippen LogP) is 4.76. The number of aromatic nitrogens is 2. The minimum atomic E-state index is -0.0637. The first kappa shape index (κ1) is 17.0. The standard InChI is InChI=1S/C22H20N4OS/c27-22(20-7-3-14-28-20)23-16-8-10-17(11-9-16)25-12-4-13-26-19-6-2-1-5-18(19)24-21(26)15-25/h1-3,5-11,14H,4,12-13,15H2,(H,23,27). The number of hydrogen-bond donors (Lipinski definition) is 1. The van der Waals surface area contributed by atoms with Crippen molar-refractivity contribution in [2.24, 2.45) is 0 Å². The summed E-state index contributed by atoms with van der Waals surface area (Å²) in [5.74, 6) is 1.04. The van der Waals surface area contributed by atoms with Crippen LogP contribution in [0.15, 0.2) is 66.0 Å². The number of thiophene rings is 1. The summed E-state index contributed by atoms with van der Waals surface area (Å²) < 4.78 is 2.34. The van der Waals surface area contributed by atoms with Crippen LogP contribution in [0, 0.1) is 0 Å². The van der Waals surface area contributed by atoms with E-state index in [1.165, 1.54) is 16.9 Å². The molecule has 0 radical (unpaired) electrons. The van der Waals surface area contributed by atoms with Gasteiger partial charge in [-0.3, -0.25) is 4.79 Å². The van der Waals surface area contributed by atoms with E-state index in [0.29, 0.717) is 0 Å². The maximum absolute atomic E-state index is 12.2. The fourth-order valence-corrected chi connectivity index (χ4v) is 4.36. The number of nitrogens with one attached hydrogen (secondary N) is 1. The number of fused-ring (bicyclic) bond motifs is 3. The number of rotatable bonds is 3. The molecule has 1 aliphatic heterocycles. The van der Waals surface area contributed by atoms with Gasteiger partial charge < -0.3 is 14.8 Å². The number of amides is 1. The van der Waals surface area contributed by atoms with Gasteiger partial charge in [-0.25, -0.2) is 4.98 Å². The van der Waals surface area contributed by atoms with Gasteiger partial charge in [0.15, 0.2) is 0 Å². The molecule has 5 nitrogen and oxygen atoms in total. The fraction of sp³-hybridized carbons (Fsp3) is 0.182. The van der Waals surface area contributed by atoms with Gasteiger partial charge in [0.2, 0.25) is 0 Å². The average Bonchev–Trinajstić information content (AvgIpc) is 3.32. The van der Waals surface area contributed by atoms with Crippen LogP contribution in [0.2, 0.25) is 0 Å². The molecule has 0 atom stereocenters. The quantitative estimate of drug-likeness (QED) is 0.550. The lowest BCUT2D eigenvalue weighted by Crippen LogP contribution is -2.22. The van der Waals surface area contributed by atoms with E-state index in [0.717, 1.165) is 53.6 Å². The van der Waals surface area contributed by atoms with Crippen LogP contribution in [0.25, 0.3) is 11.0 Å². The molecule has 140 valence electrons. The summed E-state index contributed by atoms with van der Waals surface area (Å²) in [7, 11) is 0. The van der Waals surface area contributed by atoms with Crippen LogP contribution in [-0.4, -0.2) is 22.0 Å². The Bertz CT molecular complexity index is 1120. The van der Waals surface area contributed by atoms with E-state index in [4.69, 9.17) is 4.98 Å². The largest absolute Gasteiger partial charge is 0.364 e. The SMILES string of the molecule is O=C(Nc1ccc(N2CCCn3c(nc4ccccc43)C2)cc1)c1cccs1. The van der Waals surface area contributed by atoms with Crippen molar-refractivity contribution in [1.29, 1.82) is 0 Å². The Morgan fingerprint density at radius 1 is 1.00 bits per heavy atom. The molecule has 5 rings (SSSR count). The maximum atomic E-state index is 12.2. The molecule has 6 heteroatoms. The van der Waals surface area contributed by atoms with Crippen LogP contribution in [0.5, 0.6) is 0 Å². The number of para-hydroxylation sites is 2. The van der Waals surface area contributed by atoms with Crippen LogP contribution >= 0.6 is 11.3 Å². The first-order valence-corrected chi connectivity index (χ1v) is 10.3. The molecule has 3 heterocycles. The third-order valence-electron chi connectivity index (χ3n) is 5.11. The van der Waals surface area contributed by atoms with E-state index in [1.54, 1.807) is 0 Å². The second-order valence-electron chi connectivity index (χ2n) is 6.92. The monoisotopic (exact) mass is 388 g/mol. The smallest absolute Gasteiger partial charge is 0.265 e. The van der Waals surface area contributed by atoms with E-state index >= 15 is 0 Å². The molecule has 2 aromatic heterocycles. The van der Waals surface area contributed by atoms with Gasteiger partial charge in [-0.05, 0) is 54.3 Å². The first-order chi connectivity index (χ1) is 13.8. The van der Waals surface area contributed by atoms with Gasteiger partial charge in [-0.2, -0.15) is 0 Å².